The quantitative estimate of drug-likeness (QED) is 0.839. The number of hydrogen-bond acceptors (Lipinski definition) is 3. The minimum Gasteiger partial charge on any atom is -0.316 e. The molecule has 2 heterocycles. The lowest BCUT2D eigenvalue weighted by Gasteiger charge is -2.12. The molecule has 4 nitrogen and oxygen atoms in total. The number of rotatable bonds is 3. The Morgan fingerprint density at radius 2 is 2.19 bits per heavy atom. The largest absolute Gasteiger partial charge is 0.316 e. The number of aryl methyl sites for hydroxylation is 1. The predicted octanol–water partition coefficient (Wildman–Crippen LogP) is 1.34. The Bertz CT molecular complexity index is 356. The smallest absolute Gasteiger partial charge is 0.151 e. The number of hydrogen-bond donors (Lipinski definition) is 1. The van der Waals surface area contributed by atoms with E-state index in [9.17, 15) is 0 Å². The summed E-state index contributed by atoms with van der Waals surface area (Å²) in [6.07, 6.45) is 0.975. The molecule has 1 aromatic heterocycles. The maximum Gasteiger partial charge on any atom is 0.151 e. The summed E-state index contributed by atoms with van der Waals surface area (Å²) in [6.45, 7) is 8.82. The molecule has 1 saturated heterocycles. The molecule has 16 heavy (non-hydrogen) atoms. The van der Waals surface area contributed by atoms with Gasteiger partial charge in [-0.2, -0.15) is 5.10 Å². The van der Waals surface area contributed by atoms with Gasteiger partial charge in [0, 0.05) is 25.9 Å². The molecule has 2 atom stereocenters. The summed E-state index contributed by atoms with van der Waals surface area (Å²) in [5.41, 5.74) is 0. The molecule has 1 aromatic rings. The Labute approximate surface area is 97.5 Å². The summed E-state index contributed by atoms with van der Waals surface area (Å²) in [7, 11) is 2.01. The molecule has 2 rings (SSSR count). The highest BCUT2D eigenvalue weighted by Crippen LogP contribution is 2.26. The van der Waals surface area contributed by atoms with Crippen molar-refractivity contribution in [3.05, 3.63) is 11.6 Å². The SMILES string of the molecule is CC(C)Cc1nc(C2CNCC2C)n(C)n1. The molecule has 1 fully saturated rings. The molecule has 0 aliphatic carbocycles. The van der Waals surface area contributed by atoms with Gasteiger partial charge in [0.1, 0.15) is 5.82 Å². The van der Waals surface area contributed by atoms with Gasteiger partial charge in [0.2, 0.25) is 0 Å². The van der Waals surface area contributed by atoms with Gasteiger partial charge in [-0.1, -0.05) is 20.8 Å². The highest BCUT2D eigenvalue weighted by Gasteiger charge is 2.28. The molecule has 0 amide bonds. The van der Waals surface area contributed by atoms with Crippen LogP contribution >= 0.6 is 0 Å². The third kappa shape index (κ3) is 2.26. The van der Waals surface area contributed by atoms with E-state index in [2.05, 4.69) is 31.2 Å². The van der Waals surface area contributed by atoms with Crippen molar-refractivity contribution in [1.29, 1.82) is 0 Å². The molecule has 0 radical (unpaired) electrons. The van der Waals surface area contributed by atoms with Gasteiger partial charge in [-0.3, -0.25) is 4.68 Å². The maximum atomic E-state index is 4.69. The zero-order valence-electron chi connectivity index (χ0n) is 10.7. The van der Waals surface area contributed by atoms with E-state index in [0.29, 0.717) is 17.8 Å². The number of nitrogens with one attached hydrogen (secondary N) is 1. The minimum atomic E-state index is 0.526. The van der Waals surface area contributed by atoms with Gasteiger partial charge in [0.25, 0.3) is 0 Å². The van der Waals surface area contributed by atoms with E-state index in [4.69, 9.17) is 4.98 Å². The predicted molar refractivity (Wildman–Crippen MR) is 64.3 cm³/mol. The van der Waals surface area contributed by atoms with Crippen LogP contribution < -0.4 is 5.32 Å². The van der Waals surface area contributed by atoms with Gasteiger partial charge in [-0.05, 0) is 18.4 Å². The second kappa shape index (κ2) is 4.53. The molecule has 2 unspecified atom stereocenters. The van der Waals surface area contributed by atoms with Gasteiger partial charge < -0.3 is 5.32 Å². The van der Waals surface area contributed by atoms with Gasteiger partial charge in [-0.15, -0.1) is 0 Å². The van der Waals surface area contributed by atoms with Gasteiger partial charge >= 0.3 is 0 Å². The van der Waals surface area contributed by atoms with Crippen molar-refractivity contribution >= 4 is 0 Å². The summed E-state index contributed by atoms with van der Waals surface area (Å²) in [5.74, 6) is 3.95. The van der Waals surface area contributed by atoms with E-state index in [-0.39, 0.29) is 0 Å². The van der Waals surface area contributed by atoms with Crippen LogP contribution in [0.15, 0.2) is 0 Å². The van der Waals surface area contributed by atoms with Crippen LogP contribution in [0.2, 0.25) is 0 Å². The van der Waals surface area contributed by atoms with Crippen LogP contribution in [0, 0.1) is 11.8 Å². The van der Waals surface area contributed by atoms with E-state index in [0.717, 1.165) is 31.2 Å². The third-order valence-electron chi connectivity index (χ3n) is 3.28. The van der Waals surface area contributed by atoms with Gasteiger partial charge in [0.15, 0.2) is 5.82 Å². The van der Waals surface area contributed by atoms with E-state index in [1.165, 1.54) is 0 Å². The summed E-state index contributed by atoms with van der Waals surface area (Å²) in [4.78, 5) is 4.69. The molecule has 1 aliphatic heterocycles. The van der Waals surface area contributed by atoms with E-state index >= 15 is 0 Å². The van der Waals surface area contributed by atoms with E-state index < -0.39 is 0 Å². The van der Waals surface area contributed by atoms with E-state index in [1.807, 2.05) is 11.7 Å². The van der Waals surface area contributed by atoms with Crippen molar-refractivity contribution in [3.63, 3.8) is 0 Å². The molecular formula is C12H22N4. The first-order valence-corrected chi connectivity index (χ1v) is 6.18. The molecule has 0 bridgehead atoms. The van der Waals surface area contributed by atoms with Crippen LogP contribution in [0.4, 0.5) is 0 Å². The van der Waals surface area contributed by atoms with Crippen molar-refractivity contribution in [2.24, 2.45) is 18.9 Å². The van der Waals surface area contributed by atoms with Crippen LogP contribution in [0.3, 0.4) is 0 Å². The number of nitrogens with zero attached hydrogens (tertiary/aromatic N) is 3. The molecule has 0 aromatic carbocycles. The van der Waals surface area contributed by atoms with Crippen molar-refractivity contribution in [2.75, 3.05) is 13.1 Å². The summed E-state index contributed by atoms with van der Waals surface area (Å²) in [5, 5.41) is 7.92. The zero-order valence-corrected chi connectivity index (χ0v) is 10.7. The fraction of sp³-hybridized carbons (Fsp3) is 0.833. The van der Waals surface area contributed by atoms with Crippen LogP contribution in [-0.2, 0) is 13.5 Å². The molecule has 0 saturated carbocycles. The summed E-state index contributed by atoms with van der Waals surface area (Å²) >= 11 is 0. The van der Waals surface area contributed by atoms with Crippen molar-refractivity contribution < 1.29 is 0 Å². The lowest BCUT2D eigenvalue weighted by Crippen LogP contribution is -2.13. The maximum absolute atomic E-state index is 4.69. The first-order chi connectivity index (χ1) is 7.58. The van der Waals surface area contributed by atoms with Gasteiger partial charge in [0.05, 0.1) is 0 Å². The second-order valence-corrected chi connectivity index (χ2v) is 5.35. The van der Waals surface area contributed by atoms with Crippen LogP contribution in [-0.4, -0.2) is 27.9 Å². The van der Waals surface area contributed by atoms with Crippen LogP contribution in [0.25, 0.3) is 0 Å². The Balaban J connectivity index is 2.17. The van der Waals surface area contributed by atoms with Crippen LogP contribution in [0.1, 0.15) is 38.3 Å². The first-order valence-electron chi connectivity index (χ1n) is 6.18. The van der Waals surface area contributed by atoms with Crippen LogP contribution in [0.5, 0.6) is 0 Å². The zero-order chi connectivity index (χ0) is 11.7. The highest BCUT2D eigenvalue weighted by atomic mass is 15.3. The van der Waals surface area contributed by atoms with Crippen molar-refractivity contribution in [3.8, 4) is 0 Å². The summed E-state index contributed by atoms with van der Waals surface area (Å²) < 4.78 is 1.96. The molecular weight excluding hydrogens is 200 g/mol. The first kappa shape index (κ1) is 11.6. The third-order valence-corrected chi connectivity index (χ3v) is 3.28. The van der Waals surface area contributed by atoms with E-state index in [1.54, 1.807) is 0 Å². The summed E-state index contributed by atoms with van der Waals surface area (Å²) in [6, 6.07) is 0. The lowest BCUT2D eigenvalue weighted by atomic mass is 9.97. The fourth-order valence-electron chi connectivity index (χ4n) is 2.38. The Morgan fingerprint density at radius 1 is 1.44 bits per heavy atom. The lowest BCUT2D eigenvalue weighted by molar-refractivity contribution is 0.518. The Hall–Kier alpha value is -0.900. The average Bonchev–Trinajstić information content (AvgIpc) is 2.71. The molecule has 4 heteroatoms. The monoisotopic (exact) mass is 222 g/mol. The standard InChI is InChI=1S/C12H22N4/c1-8(2)5-11-14-12(16(4)15-11)10-7-13-6-9(10)3/h8-10,13H,5-7H2,1-4H3. The highest BCUT2D eigenvalue weighted by molar-refractivity contribution is 5.05. The fourth-order valence-corrected chi connectivity index (χ4v) is 2.38. The molecule has 1 N–H and O–H groups in total. The average molecular weight is 222 g/mol. The topological polar surface area (TPSA) is 42.7 Å². The molecule has 1 aliphatic rings. The Kier molecular flexibility index (Phi) is 3.28. The Morgan fingerprint density at radius 3 is 2.75 bits per heavy atom. The normalized spacial score (nSPS) is 25.6. The minimum absolute atomic E-state index is 0.526. The van der Waals surface area contributed by atoms with Crippen molar-refractivity contribution in [2.45, 2.75) is 33.1 Å². The molecule has 0 spiro atoms. The number of aromatic nitrogens is 3. The van der Waals surface area contributed by atoms with Gasteiger partial charge in [-0.25, -0.2) is 4.98 Å². The van der Waals surface area contributed by atoms with Crippen molar-refractivity contribution in [1.82, 2.24) is 20.1 Å². The molecule has 90 valence electrons. The second-order valence-electron chi connectivity index (χ2n) is 5.35.